The van der Waals surface area contributed by atoms with Gasteiger partial charge >= 0.3 is 5.97 Å². The van der Waals surface area contributed by atoms with Crippen LogP contribution in [-0.2, 0) is 4.74 Å². The van der Waals surface area contributed by atoms with Crippen LogP contribution in [0, 0.1) is 25.5 Å². The van der Waals surface area contributed by atoms with Gasteiger partial charge in [-0.15, -0.1) is 0 Å². The molecule has 1 saturated heterocycles. The molecule has 5 heterocycles. The predicted molar refractivity (Wildman–Crippen MR) is 213 cm³/mol. The number of ether oxygens (including phenoxy) is 1. The van der Waals surface area contributed by atoms with Crippen molar-refractivity contribution in [2.24, 2.45) is 0 Å². The number of H-pyrrole nitrogens is 2. The topological polar surface area (TPSA) is 150 Å². The monoisotopic (exact) mass is 763 g/mol. The van der Waals surface area contributed by atoms with Gasteiger partial charge in [-0.05, 0) is 109 Å². The maximum Gasteiger partial charge on any atom is 0.337 e. The molecule has 1 aliphatic rings. The predicted octanol–water partition coefficient (Wildman–Crippen LogP) is 8.65. The minimum Gasteiger partial charge on any atom is -0.478 e. The van der Waals surface area contributed by atoms with E-state index in [1.165, 1.54) is 12.1 Å². The number of hydrogen-bond acceptors (Lipinski definition) is 7. The third kappa shape index (κ3) is 7.35. The highest BCUT2D eigenvalue weighted by Gasteiger charge is 2.23. The summed E-state index contributed by atoms with van der Waals surface area (Å²) in [5.74, 6) is -1.62. The minimum atomic E-state index is -1.04. The number of fused-ring (bicyclic) bond motifs is 2. The van der Waals surface area contributed by atoms with Gasteiger partial charge in [-0.1, -0.05) is 12.1 Å². The molecule has 1 fully saturated rings. The van der Waals surface area contributed by atoms with Crippen molar-refractivity contribution in [3.63, 3.8) is 0 Å². The van der Waals surface area contributed by atoms with Crippen molar-refractivity contribution < 1.29 is 28.2 Å². The van der Waals surface area contributed by atoms with Gasteiger partial charge < -0.3 is 14.7 Å². The third-order valence-corrected chi connectivity index (χ3v) is 9.96. The summed E-state index contributed by atoms with van der Waals surface area (Å²) in [5.41, 5.74) is 9.16. The number of nitrogens with one attached hydrogen (secondary N) is 2. The molecule has 4 aromatic heterocycles. The lowest BCUT2D eigenvalue weighted by atomic mass is 9.95. The lowest BCUT2D eigenvalue weighted by Crippen LogP contribution is -2.40. The van der Waals surface area contributed by atoms with Gasteiger partial charge in [0.1, 0.15) is 11.6 Å². The third-order valence-electron chi connectivity index (χ3n) is 9.96. The van der Waals surface area contributed by atoms with Gasteiger partial charge in [-0.2, -0.15) is 10.2 Å². The molecule has 13 heteroatoms. The smallest absolute Gasteiger partial charge is 0.337 e. The summed E-state index contributed by atoms with van der Waals surface area (Å²) < 4.78 is 32.8. The highest BCUT2D eigenvalue weighted by molar-refractivity contribution is 6.08. The number of rotatable bonds is 6. The largest absolute Gasteiger partial charge is 0.478 e. The first kappa shape index (κ1) is 36.8. The van der Waals surface area contributed by atoms with E-state index in [-0.39, 0.29) is 23.1 Å². The van der Waals surface area contributed by atoms with Gasteiger partial charge in [0.05, 0.1) is 59.2 Å². The van der Waals surface area contributed by atoms with E-state index < -0.39 is 5.97 Å². The summed E-state index contributed by atoms with van der Waals surface area (Å²) in [6.07, 6.45) is 6.68. The quantitative estimate of drug-likeness (QED) is 0.152. The molecule has 1 amide bonds. The molecule has 8 aromatic rings. The number of morpholine rings is 1. The molecule has 1 aliphatic heterocycles. The Morgan fingerprint density at radius 1 is 0.667 bits per heavy atom. The molecule has 0 unspecified atom stereocenters. The normalized spacial score (nSPS) is 12.7. The number of aromatic carboxylic acids is 1. The van der Waals surface area contributed by atoms with Crippen LogP contribution in [0.15, 0.2) is 110 Å². The van der Waals surface area contributed by atoms with Gasteiger partial charge in [0.15, 0.2) is 0 Å². The number of aromatic nitrogens is 6. The Bertz CT molecular complexity index is 2810. The summed E-state index contributed by atoms with van der Waals surface area (Å²) in [6, 6.07) is 24.6. The SMILES string of the molecule is Cc1cc(-c2ncccc2-c2cc(C(=O)N3CCOCC3)c3[nH]ncc3c2)ccc1F.Cc1cc(-c2ncccc2-c2cc(C(=O)O)c3[nH]ncc3c2)ccc1F. The molecular weight excluding hydrogens is 729 g/mol. The number of aromatic amines is 2. The number of nitrogens with zero attached hydrogens (tertiary/aromatic N) is 5. The Morgan fingerprint density at radius 2 is 1.16 bits per heavy atom. The number of halogens is 2. The second-order valence-electron chi connectivity index (χ2n) is 13.7. The van der Waals surface area contributed by atoms with Crippen LogP contribution in [0.5, 0.6) is 0 Å². The molecule has 4 aromatic carbocycles. The van der Waals surface area contributed by atoms with Crippen molar-refractivity contribution in [2.75, 3.05) is 26.3 Å². The van der Waals surface area contributed by atoms with E-state index in [0.717, 1.165) is 38.9 Å². The van der Waals surface area contributed by atoms with Crippen LogP contribution in [0.4, 0.5) is 8.78 Å². The number of aryl methyl sites for hydroxylation is 2. The van der Waals surface area contributed by atoms with E-state index in [4.69, 9.17) is 4.74 Å². The Hall–Kier alpha value is -7.12. The van der Waals surface area contributed by atoms with Crippen LogP contribution >= 0.6 is 0 Å². The van der Waals surface area contributed by atoms with Crippen LogP contribution in [0.2, 0.25) is 0 Å². The van der Waals surface area contributed by atoms with E-state index in [0.29, 0.717) is 70.7 Å². The van der Waals surface area contributed by atoms with E-state index in [9.17, 15) is 23.5 Å². The van der Waals surface area contributed by atoms with Crippen molar-refractivity contribution in [3.8, 4) is 44.8 Å². The fraction of sp³-hybridized carbons (Fsp3) is 0.136. The molecule has 0 atom stereocenters. The average molecular weight is 764 g/mol. The molecular formula is C44H35F2N7O4. The van der Waals surface area contributed by atoms with Crippen molar-refractivity contribution in [3.05, 3.63) is 144 Å². The standard InChI is InChI=1S/C24H21FN4O2.C20H14FN3O2/c1-15-11-16(4-5-21(15)25)22-19(3-2-6-26-22)17-12-18-14-27-28-23(18)20(13-17)24(30)29-7-9-31-10-8-29;1-11-7-12(4-5-17(11)21)18-15(3-2-6-22-18)13-8-14-10-23-24-19(14)16(9-13)20(25)26/h2-6,11-14H,7-10H2,1H3,(H,27,28);2-10H,1H3,(H,23,24)(H,25,26). The van der Waals surface area contributed by atoms with Crippen LogP contribution in [0.1, 0.15) is 31.8 Å². The summed E-state index contributed by atoms with van der Waals surface area (Å²) >= 11 is 0. The van der Waals surface area contributed by atoms with Crippen molar-refractivity contribution >= 4 is 33.7 Å². The number of hydrogen-bond donors (Lipinski definition) is 3. The molecule has 284 valence electrons. The number of carbonyl (C=O) groups excluding carboxylic acids is 1. The Balaban J connectivity index is 0.000000162. The fourth-order valence-corrected chi connectivity index (χ4v) is 7.02. The second kappa shape index (κ2) is 15.6. The average Bonchev–Trinajstić information content (AvgIpc) is 3.93. The van der Waals surface area contributed by atoms with Crippen LogP contribution in [-0.4, -0.2) is 78.5 Å². The number of carboxylic acid groups (broad SMARTS) is 1. The molecule has 0 bridgehead atoms. The number of carbonyl (C=O) groups is 2. The zero-order chi connectivity index (χ0) is 39.6. The molecule has 57 heavy (non-hydrogen) atoms. The molecule has 3 N–H and O–H groups in total. The highest BCUT2D eigenvalue weighted by Crippen LogP contribution is 2.36. The zero-order valence-corrected chi connectivity index (χ0v) is 30.9. The highest BCUT2D eigenvalue weighted by atomic mass is 19.1. The minimum absolute atomic E-state index is 0.0533. The number of benzene rings is 4. The summed E-state index contributed by atoms with van der Waals surface area (Å²) in [4.78, 5) is 35.7. The number of carboxylic acids is 1. The maximum absolute atomic E-state index is 13.8. The van der Waals surface area contributed by atoms with Gasteiger partial charge in [-0.25, -0.2) is 13.6 Å². The Kier molecular flexibility index (Phi) is 10.1. The molecule has 9 rings (SSSR count). The van der Waals surface area contributed by atoms with E-state index >= 15 is 0 Å². The zero-order valence-electron chi connectivity index (χ0n) is 30.9. The first-order valence-corrected chi connectivity index (χ1v) is 18.1. The molecule has 0 spiro atoms. The Labute approximate surface area is 325 Å². The number of amides is 1. The van der Waals surface area contributed by atoms with E-state index in [2.05, 4.69) is 30.4 Å². The summed E-state index contributed by atoms with van der Waals surface area (Å²) in [5, 5.41) is 24.8. The van der Waals surface area contributed by atoms with Crippen LogP contribution in [0.25, 0.3) is 66.6 Å². The Morgan fingerprint density at radius 3 is 1.65 bits per heavy atom. The van der Waals surface area contributed by atoms with Gasteiger partial charge in [0.25, 0.3) is 5.91 Å². The lowest BCUT2D eigenvalue weighted by Gasteiger charge is -2.27. The summed E-state index contributed by atoms with van der Waals surface area (Å²) in [6.45, 7) is 5.62. The maximum atomic E-state index is 13.8. The van der Waals surface area contributed by atoms with Gasteiger partial charge in [0.2, 0.25) is 0 Å². The first-order chi connectivity index (χ1) is 27.7. The van der Waals surface area contributed by atoms with Crippen LogP contribution < -0.4 is 0 Å². The number of pyridine rings is 2. The molecule has 0 radical (unpaired) electrons. The van der Waals surface area contributed by atoms with E-state index in [1.54, 1.807) is 79.9 Å². The first-order valence-electron chi connectivity index (χ1n) is 18.1. The van der Waals surface area contributed by atoms with Crippen molar-refractivity contribution in [2.45, 2.75) is 13.8 Å². The fourth-order valence-electron chi connectivity index (χ4n) is 7.02. The molecule has 0 aliphatic carbocycles. The molecule has 0 saturated carbocycles. The van der Waals surface area contributed by atoms with E-state index in [1.807, 2.05) is 36.4 Å². The second-order valence-corrected chi connectivity index (χ2v) is 13.7. The molecule has 11 nitrogen and oxygen atoms in total. The van der Waals surface area contributed by atoms with Crippen molar-refractivity contribution in [1.29, 1.82) is 0 Å². The van der Waals surface area contributed by atoms with Crippen LogP contribution in [0.3, 0.4) is 0 Å². The van der Waals surface area contributed by atoms with Gasteiger partial charge in [0, 0.05) is 58.5 Å². The summed E-state index contributed by atoms with van der Waals surface area (Å²) in [7, 11) is 0. The van der Waals surface area contributed by atoms with Gasteiger partial charge in [-0.3, -0.25) is 25.0 Å². The lowest BCUT2D eigenvalue weighted by molar-refractivity contribution is 0.0304. The van der Waals surface area contributed by atoms with Crippen molar-refractivity contribution in [1.82, 2.24) is 35.3 Å².